The van der Waals surface area contributed by atoms with Crippen molar-refractivity contribution in [2.24, 2.45) is 0 Å². The molecule has 0 aliphatic carbocycles. The average molecular weight is 311 g/mol. The highest BCUT2D eigenvalue weighted by atomic mass is 16.5. The van der Waals surface area contributed by atoms with Gasteiger partial charge in [0.1, 0.15) is 6.10 Å². The minimum Gasteiger partial charge on any atom is -0.473 e. The molecule has 0 unspecified atom stereocenters. The third-order valence-corrected chi connectivity index (χ3v) is 4.50. The van der Waals surface area contributed by atoms with Crippen LogP contribution in [0.1, 0.15) is 35.4 Å². The fourth-order valence-electron chi connectivity index (χ4n) is 3.00. The topological polar surface area (TPSA) is 38.2 Å². The van der Waals surface area contributed by atoms with Gasteiger partial charge in [0.15, 0.2) is 0 Å². The van der Waals surface area contributed by atoms with Crippen molar-refractivity contribution < 1.29 is 4.74 Å². The van der Waals surface area contributed by atoms with Gasteiger partial charge in [-0.25, -0.2) is 4.98 Å². The van der Waals surface area contributed by atoms with E-state index in [9.17, 15) is 0 Å². The Kier molecular flexibility index (Phi) is 4.91. The minimum atomic E-state index is 0.248. The number of likely N-dealkylation sites (tertiary alicyclic amines) is 1. The smallest absolute Gasteiger partial charge is 0.235 e. The lowest BCUT2D eigenvalue weighted by Crippen LogP contribution is -2.38. The summed E-state index contributed by atoms with van der Waals surface area (Å²) in [5.41, 5.74) is 4.57. The molecule has 1 aromatic carbocycles. The van der Waals surface area contributed by atoms with Crippen LogP contribution in [0.3, 0.4) is 0 Å². The van der Waals surface area contributed by atoms with Gasteiger partial charge in [-0.05, 0) is 44.7 Å². The standard InChI is InChI=1S/C19H25N3O/c1-14-6-4-5-7-17(14)13-22-10-8-18(9-11-22)23-19-16(3)20-12-15(2)21-19/h4-7,12,18H,8-11,13H2,1-3H3. The van der Waals surface area contributed by atoms with E-state index in [1.54, 1.807) is 6.20 Å². The van der Waals surface area contributed by atoms with E-state index in [0.29, 0.717) is 5.88 Å². The Labute approximate surface area is 138 Å². The highest BCUT2D eigenvalue weighted by Gasteiger charge is 2.22. The Bertz CT molecular complexity index is 663. The largest absolute Gasteiger partial charge is 0.473 e. The lowest BCUT2D eigenvalue weighted by Gasteiger charge is -2.32. The molecule has 1 aliphatic heterocycles. The van der Waals surface area contributed by atoms with E-state index >= 15 is 0 Å². The molecule has 0 bridgehead atoms. The summed E-state index contributed by atoms with van der Waals surface area (Å²) in [5.74, 6) is 0.697. The predicted octanol–water partition coefficient (Wildman–Crippen LogP) is 3.45. The molecule has 1 aliphatic rings. The first-order valence-corrected chi connectivity index (χ1v) is 8.35. The molecule has 0 N–H and O–H groups in total. The van der Waals surface area contributed by atoms with Crippen LogP contribution in [0.2, 0.25) is 0 Å². The van der Waals surface area contributed by atoms with Crippen LogP contribution in [-0.2, 0) is 6.54 Å². The molecule has 0 saturated carbocycles. The van der Waals surface area contributed by atoms with E-state index in [4.69, 9.17) is 4.74 Å². The molecule has 0 spiro atoms. The van der Waals surface area contributed by atoms with Gasteiger partial charge in [0.2, 0.25) is 5.88 Å². The number of ether oxygens (including phenoxy) is 1. The van der Waals surface area contributed by atoms with Crippen LogP contribution >= 0.6 is 0 Å². The molecule has 0 amide bonds. The quantitative estimate of drug-likeness (QED) is 0.867. The van der Waals surface area contributed by atoms with Crippen molar-refractivity contribution in [3.05, 3.63) is 53.0 Å². The molecule has 0 atom stereocenters. The van der Waals surface area contributed by atoms with Gasteiger partial charge in [0.25, 0.3) is 0 Å². The second kappa shape index (κ2) is 7.09. The highest BCUT2D eigenvalue weighted by molar-refractivity contribution is 5.25. The van der Waals surface area contributed by atoms with E-state index < -0.39 is 0 Å². The second-order valence-electron chi connectivity index (χ2n) is 6.42. The summed E-state index contributed by atoms with van der Waals surface area (Å²) in [6, 6.07) is 8.63. The Balaban J connectivity index is 1.54. The van der Waals surface area contributed by atoms with Gasteiger partial charge in [-0.2, -0.15) is 0 Å². The molecule has 1 fully saturated rings. The van der Waals surface area contributed by atoms with E-state index in [1.807, 2.05) is 13.8 Å². The monoisotopic (exact) mass is 311 g/mol. The zero-order chi connectivity index (χ0) is 16.2. The van der Waals surface area contributed by atoms with Crippen molar-refractivity contribution >= 4 is 0 Å². The van der Waals surface area contributed by atoms with Gasteiger partial charge in [-0.1, -0.05) is 24.3 Å². The summed E-state index contributed by atoms with van der Waals surface area (Å²) in [5, 5.41) is 0. The van der Waals surface area contributed by atoms with Crippen LogP contribution in [-0.4, -0.2) is 34.1 Å². The first-order chi connectivity index (χ1) is 11.1. The molecule has 122 valence electrons. The number of hydrogen-bond acceptors (Lipinski definition) is 4. The number of hydrogen-bond donors (Lipinski definition) is 0. The summed E-state index contributed by atoms with van der Waals surface area (Å²) in [7, 11) is 0. The molecule has 23 heavy (non-hydrogen) atoms. The fraction of sp³-hybridized carbons (Fsp3) is 0.474. The summed E-state index contributed by atoms with van der Waals surface area (Å²) < 4.78 is 6.09. The molecule has 4 nitrogen and oxygen atoms in total. The van der Waals surface area contributed by atoms with Crippen LogP contribution in [0.25, 0.3) is 0 Å². The zero-order valence-corrected chi connectivity index (χ0v) is 14.2. The molecular formula is C19H25N3O. The Hall–Kier alpha value is -1.94. The van der Waals surface area contributed by atoms with Crippen molar-refractivity contribution in [2.45, 2.75) is 46.3 Å². The maximum absolute atomic E-state index is 6.09. The molecule has 1 aromatic heterocycles. The first kappa shape index (κ1) is 15.9. The number of nitrogens with zero attached hydrogens (tertiary/aromatic N) is 3. The lowest BCUT2D eigenvalue weighted by atomic mass is 10.0. The van der Waals surface area contributed by atoms with Crippen LogP contribution in [0.15, 0.2) is 30.5 Å². The number of aryl methyl sites for hydroxylation is 3. The number of aromatic nitrogens is 2. The Morgan fingerprint density at radius 1 is 1.13 bits per heavy atom. The molecule has 3 rings (SSSR count). The van der Waals surface area contributed by atoms with Crippen molar-refractivity contribution in [2.75, 3.05) is 13.1 Å². The van der Waals surface area contributed by atoms with Crippen LogP contribution < -0.4 is 4.74 Å². The fourth-order valence-corrected chi connectivity index (χ4v) is 3.00. The van der Waals surface area contributed by atoms with Gasteiger partial charge < -0.3 is 4.74 Å². The summed E-state index contributed by atoms with van der Waals surface area (Å²) in [6.45, 7) is 9.25. The number of benzene rings is 1. The van der Waals surface area contributed by atoms with Gasteiger partial charge in [-0.15, -0.1) is 0 Å². The number of piperidine rings is 1. The van der Waals surface area contributed by atoms with E-state index in [2.05, 4.69) is 46.1 Å². The second-order valence-corrected chi connectivity index (χ2v) is 6.42. The third-order valence-electron chi connectivity index (χ3n) is 4.50. The molecular weight excluding hydrogens is 286 g/mol. The summed E-state index contributed by atoms with van der Waals surface area (Å²) >= 11 is 0. The van der Waals surface area contributed by atoms with Gasteiger partial charge in [0.05, 0.1) is 11.4 Å². The summed E-state index contributed by atoms with van der Waals surface area (Å²) in [4.78, 5) is 11.3. The van der Waals surface area contributed by atoms with Crippen molar-refractivity contribution in [1.29, 1.82) is 0 Å². The SMILES string of the molecule is Cc1cnc(C)c(OC2CCN(Cc3ccccc3C)CC2)n1. The highest BCUT2D eigenvalue weighted by Crippen LogP contribution is 2.21. The molecule has 4 heteroatoms. The van der Waals surface area contributed by atoms with E-state index in [1.165, 1.54) is 11.1 Å². The van der Waals surface area contributed by atoms with E-state index in [0.717, 1.165) is 43.9 Å². The minimum absolute atomic E-state index is 0.248. The molecule has 2 heterocycles. The van der Waals surface area contributed by atoms with Crippen LogP contribution in [0, 0.1) is 20.8 Å². The zero-order valence-electron chi connectivity index (χ0n) is 14.2. The van der Waals surface area contributed by atoms with Crippen LogP contribution in [0.5, 0.6) is 5.88 Å². The average Bonchev–Trinajstić information content (AvgIpc) is 2.55. The lowest BCUT2D eigenvalue weighted by molar-refractivity contribution is 0.0920. The maximum atomic E-state index is 6.09. The molecule has 0 radical (unpaired) electrons. The maximum Gasteiger partial charge on any atom is 0.235 e. The van der Waals surface area contributed by atoms with E-state index in [-0.39, 0.29) is 6.10 Å². The van der Waals surface area contributed by atoms with Crippen molar-refractivity contribution in [1.82, 2.24) is 14.9 Å². The van der Waals surface area contributed by atoms with Gasteiger partial charge in [-0.3, -0.25) is 9.88 Å². The Morgan fingerprint density at radius 3 is 2.61 bits per heavy atom. The molecule has 1 saturated heterocycles. The van der Waals surface area contributed by atoms with Crippen molar-refractivity contribution in [3.8, 4) is 5.88 Å². The van der Waals surface area contributed by atoms with Crippen molar-refractivity contribution in [3.63, 3.8) is 0 Å². The predicted molar refractivity (Wildman–Crippen MR) is 91.6 cm³/mol. The normalized spacial score (nSPS) is 16.5. The third kappa shape index (κ3) is 4.08. The first-order valence-electron chi connectivity index (χ1n) is 8.35. The van der Waals surface area contributed by atoms with Crippen LogP contribution in [0.4, 0.5) is 0 Å². The van der Waals surface area contributed by atoms with Gasteiger partial charge in [0, 0.05) is 25.8 Å². The summed E-state index contributed by atoms with van der Waals surface area (Å²) in [6.07, 6.45) is 4.12. The molecule has 2 aromatic rings. The van der Waals surface area contributed by atoms with Gasteiger partial charge >= 0.3 is 0 Å². The number of rotatable bonds is 4. The Morgan fingerprint density at radius 2 is 1.87 bits per heavy atom.